The summed E-state index contributed by atoms with van der Waals surface area (Å²) < 4.78 is 10.5. The number of allylic oxidation sites excluding steroid dienone is 1. The Hall–Kier alpha value is -0.458. The van der Waals surface area contributed by atoms with Crippen LogP contribution in [0, 0.1) is 0 Å². The van der Waals surface area contributed by atoms with Gasteiger partial charge in [-0.1, -0.05) is 11.6 Å². The second kappa shape index (κ2) is 6.10. The minimum absolute atomic E-state index is 0.0481. The van der Waals surface area contributed by atoms with E-state index in [2.05, 4.69) is 0 Å². The lowest BCUT2D eigenvalue weighted by molar-refractivity contribution is -0.113. The van der Waals surface area contributed by atoms with Crippen LogP contribution in [-0.2, 0) is 13.3 Å². The highest BCUT2D eigenvalue weighted by atomic mass is 27.2. The van der Waals surface area contributed by atoms with E-state index < -0.39 is 14.5 Å². The summed E-state index contributed by atoms with van der Waals surface area (Å²) in [6.45, 7) is 3.86. The van der Waals surface area contributed by atoms with Crippen molar-refractivity contribution in [2.75, 3.05) is 6.61 Å². The Morgan fingerprint density at radius 3 is 2.42 bits per heavy atom. The summed E-state index contributed by atoms with van der Waals surface area (Å²) in [5, 5.41) is 0. The van der Waals surface area contributed by atoms with Crippen LogP contribution in [0.4, 0.5) is 0 Å². The first-order valence-corrected chi connectivity index (χ1v) is 6.86. The number of hydrogen-bond acceptors (Lipinski definition) is 3. The second-order valence-electron chi connectivity index (χ2n) is 2.67. The highest BCUT2D eigenvalue weighted by Gasteiger charge is 2.10. The van der Waals surface area contributed by atoms with E-state index in [0.717, 1.165) is 0 Å². The molecule has 0 atom stereocenters. The molecule has 0 N–H and O–H groups in total. The molecule has 0 aromatic rings. The third-order valence-electron chi connectivity index (χ3n) is 0.960. The van der Waals surface area contributed by atoms with Crippen LogP contribution in [0.5, 0.6) is 0 Å². The number of rotatable bonds is 5. The zero-order valence-corrected chi connectivity index (χ0v) is 9.24. The largest absolute Gasteiger partial charge is 0.616 e. The highest BCUT2D eigenvalue weighted by Crippen LogP contribution is 2.02. The molecule has 0 rings (SSSR count). The van der Waals surface area contributed by atoms with Gasteiger partial charge in [-0.05, 0) is 13.8 Å². The molecule has 12 heavy (non-hydrogen) atoms. The van der Waals surface area contributed by atoms with E-state index in [1.807, 2.05) is 18.5 Å². The fourth-order valence-corrected chi connectivity index (χ4v) is 1.25. The van der Waals surface area contributed by atoms with Crippen molar-refractivity contribution in [1.29, 1.82) is 0 Å². The zero-order chi connectivity index (χ0) is 9.56. The molecular formula is C8H15AlO3. The molecule has 0 aromatic heterocycles. The van der Waals surface area contributed by atoms with Gasteiger partial charge in [0.15, 0.2) is 5.78 Å². The normalized spacial score (nSPS) is 10.8. The third kappa shape index (κ3) is 6.27. The van der Waals surface area contributed by atoms with Gasteiger partial charge in [-0.25, -0.2) is 0 Å². The lowest BCUT2D eigenvalue weighted by atomic mass is 10.4. The SMILES string of the molecule is CCO/C(=C/C(C)=O)[O][Al]([CH3])[CH3]. The predicted octanol–water partition coefficient (Wildman–Crippen LogP) is 1.72. The lowest BCUT2D eigenvalue weighted by Gasteiger charge is -2.12. The van der Waals surface area contributed by atoms with E-state index in [9.17, 15) is 4.79 Å². The average molecular weight is 186 g/mol. The number of ether oxygens (including phenoxy) is 1. The summed E-state index contributed by atoms with van der Waals surface area (Å²) in [7, 11) is 0. The molecule has 0 aliphatic rings. The van der Waals surface area contributed by atoms with Crippen molar-refractivity contribution in [2.24, 2.45) is 0 Å². The Bertz CT molecular complexity index is 175. The van der Waals surface area contributed by atoms with Gasteiger partial charge in [0.25, 0.3) is 0 Å². The summed E-state index contributed by atoms with van der Waals surface area (Å²) in [5.74, 6) is 4.36. The first-order chi connectivity index (χ1) is 5.56. The van der Waals surface area contributed by atoms with Gasteiger partial charge in [0.05, 0.1) is 12.7 Å². The summed E-state index contributed by atoms with van der Waals surface area (Å²) in [4.78, 5) is 10.7. The van der Waals surface area contributed by atoms with Gasteiger partial charge in [0.2, 0.25) is 5.95 Å². The monoisotopic (exact) mass is 186 g/mol. The minimum Gasteiger partial charge on any atom is -0.616 e. The Morgan fingerprint density at radius 1 is 1.50 bits per heavy atom. The average Bonchev–Trinajstić information content (AvgIpc) is 1.84. The van der Waals surface area contributed by atoms with Crippen LogP contribution in [0.1, 0.15) is 13.8 Å². The molecule has 3 nitrogen and oxygen atoms in total. The van der Waals surface area contributed by atoms with Crippen molar-refractivity contribution in [3.63, 3.8) is 0 Å². The molecule has 0 spiro atoms. The quantitative estimate of drug-likeness (QED) is 0.372. The smallest absolute Gasteiger partial charge is 0.542 e. The van der Waals surface area contributed by atoms with Crippen molar-refractivity contribution in [3.8, 4) is 0 Å². The van der Waals surface area contributed by atoms with Gasteiger partial charge in [-0.15, -0.1) is 0 Å². The maximum Gasteiger partial charge on any atom is 0.542 e. The van der Waals surface area contributed by atoms with Gasteiger partial charge in [0, 0.05) is 0 Å². The molecule has 0 radical (unpaired) electrons. The maximum atomic E-state index is 10.7. The number of ketones is 1. The van der Waals surface area contributed by atoms with Crippen molar-refractivity contribution < 1.29 is 13.3 Å². The van der Waals surface area contributed by atoms with Crippen molar-refractivity contribution >= 4 is 20.3 Å². The van der Waals surface area contributed by atoms with E-state index in [1.165, 1.54) is 13.0 Å². The molecular weight excluding hydrogens is 171 g/mol. The van der Waals surface area contributed by atoms with Crippen LogP contribution in [0.25, 0.3) is 0 Å². The first kappa shape index (κ1) is 11.5. The topological polar surface area (TPSA) is 35.5 Å². The molecule has 0 unspecified atom stereocenters. The second-order valence-corrected chi connectivity index (χ2v) is 5.01. The fraction of sp³-hybridized carbons (Fsp3) is 0.625. The molecule has 4 heteroatoms. The molecule has 0 heterocycles. The predicted molar refractivity (Wildman–Crippen MR) is 49.0 cm³/mol. The highest BCUT2D eigenvalue weighted by molar-refractivity contribution is 6.48. The van der Waals surface area contributed by atoms with Gasteiger partial charge in [0.1, 0.15) is 0 Å². The number of carbonyl (C=O) groups is 1. The molecule has 0 amide bonds. The zero-order valence-electron chi connectivity index (χ0n) is 8.09. The van der Waals surface area contributed by atoms with E-state index in [4.69, 9.17) is 8.53 Å². The van der Waals surface area contributed by atoms with Gasteiger partial charge >= 0.3 is 14.5 Å². The molecule has 0 saturated carbocycles. The molecule has 0 bridgehead atoms. The summed E-state index contributed by atoms with van der Waals surface area (Å²) in [6.07, 6.45) is 1.39. The molecule has 0 fully saturated rings. The Labute approximate surface area is 78.1 Å². The summed E-state index contributed by atoms with van der Waals surface area (Å²) >= 11 is -1.16. The molecule has 0 aliphatic carbocycles. The van der Waals surface area contributed by atoms with E-state index in [-0.39, 0.29) is 5.78 Å². The Morgan fingerprint density at radius 2 is 2.08 bits per heavy atom. The van der Waals surface area contributed by atoms with Crippen LogP contribution in [0.3, 0.4) is 0 Å². The van der Waals surface area contributed by atoms with Crippen molar-refractivity contribution in [3.05, 3.63) is 12.0 Å². The first-order valence-electron chi connectivity index (χ1n) is 4.08. The summed E-state index contributed by atoms with van der Waals surface area (Å²) in [6, 6.07) is 0. The minimum atomic E-state index is -1.16. The van der Waals surface area contributed by atoms with Gasteiger partial charge in [-0.3, -0.25) is 4.79 Å². The third-order valence-corrected chi connectivity index (χ3v) is 1.66. The van der Waals surface area contributed by atoms with Crippen molar-refractivity contribution in [1.82, 2.24) is 0 Å². The Balaban J connectivity index is 4.12. The van der Waals surface area contributed by atoms with Gasteiger partial charge in [-0.2, -0.15) is 0 Å². The van der Waals surface area contributed by atoms with Crippen LogP contribution < -0.4 is 0 Å². The van der Waals surface area contributed by atoms with Crippen LogP contribution in [-0.4, -0.2) is 26.9 Å². The number of carbonyl (C=O) groups excluding carboxylic acids is 1. The maximum absolute atomic E-state index is 10.7. The number of hydrogen-bond donors (Lipinski definition) is 0. The van der Waals surface area contributed by atoms with E-state index >= 15 is 0 Å². The van der Waals surface area contributed by atoms with Crippen molar-refractivity contribution in [2.45, 2.75) is 25.4 Å². The molecule has 0 saturated heterocycles. The van der Waals surface area contributed by atoms with Gasteiger partial charge < -0.3 is 8.53 Å². The van der Waals surface area contributed by atoms with Crippen LogP contribution in [0.2, 0.25) is 11.6 Å². The molecule has 0 aromatic carbocycles. The van der Waals surface area contributed by atoms with Crippen LogP contribution in [0.15, 0.2) is 12.0 Å². The van der Waals surface area contributed by atoms with Crippen LogP contribution >= 0.6 is 0 Å². The standard InChI is InChI=1S/C6H10O3.2CH3.Al/c1-3-9-6(8)4-5(2)7;;;/h4,8H,3H2,1-2H3;2*1H3;/q;;;+1/p-1/b6-4+;;;. The summed E-state index contributed by atoms with van der Waals surface area (Å²) in [5.41, 5.74) is 0. The van der Waals surface area contributed by atoms with E-state index in [1.54, 1.807) is 0 Å². The molecule has 68 valence electrons. The fourth-order valence-electron chi connectivity index (χ4n) is 0.650. The Kier molecular flexibility index (Phi) is 5.87. The van der Waals surface area contributed by atoms with E-state index in [0.29, 0.717) is 12.6 Å². The molecule has 0 aliphatic heterocycles. The lowest BCUT2D eigenvalue weighted by Crippen LogP contribution is -2.10.